The van der Waals surface area contributed by atoms with E-state index in [1.54, 1.807) is 0 Å². The van der Waals surface area contributed by atoms with Gasteiger partial charge < -0.3 is 10.1 Å². The molecule has 15 heavy (non-hydrogen) atoms. The third kappa shape index (κ3) is 2.30. The Morgan fingerprint density at radius 3 is 2.73 bits per heavy atom. The van der Waals surface area contributed by atoms with E-state index < -0.39 is 6.17 Å². The van der Waals surface area contributed by atoms with Gasteiger partial charge in [0.25, 0.3) is 0 Å². The highest BCUT2D eigenvalue weighted by molar-refractivity contribution is 5.83. The van der Waals surface area contributed by atoms with Gasteiger partial charge in [-0.25, -0.2) is 4.39 Å². The molecule has 0 aromatic rings. The lowest BCUT2D eigenvalue weighted by Gasteiger charge is -2.38. The lowest BCUT2D eigenvalue weighted by Crippen LogP contribution is -2.54. The third-order valence-electron chi connectivity index (χ3n) is 3.33. The third-order valence-corrected chi connectivity index (χ3v) is 3.33. The smallest absolute Gasteiger partial charge is 0.230 e. The number of hydrogen-bond acceptors (Lipinski definition) is 2. The Morgan fingerprint density at radius 2 is 2.20 bits per heavy atom. The van der Waals surface area contributed by atoms with E-state index in [1.807, 2.05) is 6.92 Å². The Kier molecular flexibility index (Phi) is 2.96. The molecule has 1 amide bonds. The quantitative estimate of drug-likeness (QED) is 0.756. The molecule has 4 heteroatoms. The number of carbonyl (C=O) groups excluding carboxylic acids is 1. The van der Waals surface area contributed by atoms with Gasteiger partial charge in [-0.05, 0) is 32.6 Å². The largest absolute Gasteiger partial charge is 0.379 e. The van der Waals surface area contributed by atoms with Crippen LogP contribution in [0.1, 0.15) is 32.6 Å². The average Bonchev–Trinajstić information content (AvgIpc) is 2.14. The minimum atomic E-state index is -0.741. The van der Waals surface area contributed by atoms with E-state index >= 15 is 0 Å². The van der Waals surface area contributed by atoms with E-state index in [9.17, 15) is 9.18 Å². The summed E-state index contributed by atoms with van der Waals surface area (Å²) < 4.78 is 18.1. The molecule has 1 aliphatic carbocycles. The summed E-state index contributed by atoms with van der Waals surface area (Å²) in [4.78, 5) is 11.8. The molecule has 1 saturated heterocycles. The average molecular weight is 215 g/mol. The van der Waals surface area contributed by atoms with Crippen molar-refractivity contribution in [2.24, 2.45) is 5.41 Å². The highest BCUT2D eigenvalue weighted by Gasteiger charge is 2.42. The predicted octanol–water partition coefficient (Wildman–Crippen LogP) is 1.42. The van der Waals surface area contributed by atoms with E-state index in [2.05, 4.69) is 5.32 Å². The zero-order valence-electron chi connectivity index (χ0n) is 9.09. The van der Waals surface area contributed by atoms with Crippen LogP contribution in [0.15, 0.2) is 0 Å². The maximum Gasteiger partial charge on any atom is 0.230 e. The van der Waals surface area contributed by atoms with E-state index in [1.165, 1.54) is 0 Å². The van der Waals surface area contributed by atoms with Gasteiger partial charge in [-0.3, -0.25) is 4.79 Å². The fourth-order valence-corrected chi connectivity index (χ4v) is 2.16. The van der Waals surface area contributed by atoms with E-state index in [-0.39, 0.29) is 17.4 Å². The molecule has 0 bridgehead atoms. The number of alkyl halides is 1. The second kappa shape index (κ2) is 4.08. The first kappa shape index (κ1) is 10.9. The van der Waals surface area contributed by atoms with Gasteiger partial charge in [-0.15, -0.1) is 0 Å². The van der Waals surface area contributed by atoms with Crippen molar-refractivity contribution in [2.45, 2.75) is 44.8 Å². The van der Waals surface area contributed by atoms with Gasteiger partial charge in [0.1, 0.15) is 6.17 Å². The van der Waals surface area contributed by atoms with Gasteiger partial charge in [0.05, 0.1) is 18.6 Å². The fraction of sp³-hybridized carbons (Fsp3) is 0.909. The molecule has 0 unspecified atom stereocenters. The normalized spacial score (nSPS) is 34.3. The molecule has 2 atom stereocenters. The summed E-state index contributed by atoms with van der Waals surface area (Å²) in [7, 11) is 0. The van der Waals surface area contributed by atoms with Crippen molar-refractivity contribution in [1.29, 1.82) is 0 Å². The van der Waals surface area contributed by atoms with Crippen molar-refractivity contribution >= 4 is 5.91 Å². The number of ether oxygens (including phenoxy) is 1. The first-order chi connectivity index (χ1) is 7.10. The van der Waals surface area contributed by atoms with Crippen molar-refractivity contribution in [1.82, 2.24) is 5.32 Å². The molecule has 1 N–H and O–H groups in total. The second-order valence-electron chi connectivity index (χ2n) is 4.99. The van der Waals surface area contributed by atoms with Crippen molar-refractivity contribution in [3.05, 3.63) is 0 Å². The van der Waals surface area contributed by atoms with Crippen LogP contribution >= 0.6 is 0 Å². The van der Waals surface area contributed by atoms with Gasteiger partial charge in [0.15, 0.2) is 0 Å². The monoisotopic (exact) mass is 215 g/mol. The molecule has 2 rings (SSSR count). The lowest BCUT2D eigenvalue weighted by molar-refractivity contribution is -0.158. The SMILES string of the molecule is CC1(C(=O)N[C@@H]2CCC[C@H](F)C2)COC1. The Hall–Kier alpha value is -0.640. The lowest BCUT2D eigenvalue weighted by atomic mass is 9.86. The minimum Gasteiger partial charge on any atom is -0.379 e. The van der Waals surface area contributed by atoms with Gasteiger partial charge in [0.2, 0.25) is 5.91 Å². The molecule has 86 valence electrons. The Balaban J connectivity index is 1.83. The Morgan fingerprint density at radius 1 is 1.47 bits per heavy atom. The zero-order chi connectivity index (χ0) is 10.9. The van der Waals surface area contributed by atoms with E-state index in [0.717, 1.165) is 12.8 Å². The molecule has 0 aromatic heterocycles. The van der Waals surface area contributed by atoms with Crippen molar-refractivity contribution in [3.8, 4) is 0 Å². The van der Waals surface area contributed by atoms with Crippen LogP contribution in [0.5, 0.6) is 0 Å². The van der Waals surface area contributed by atoms with Crippen molar-refractivity contribution < 1.29 is 13.9 Å². The van der Waals surface area contributed by atoms with Crippen LogP contribution in [0.25, 0.3) is 0 Å². The van der Waals surface area contributed by atoms with Crippen molar-refractivity contribution in [2.75, 3.05) is 13.2 Å². The first-order valence-electron chi connectivity index (χ1n) is 5.63. The highest BCUT2D eigenvalue weighted by Crippen LogP contribution is 2.28. The molecule has 1 saturated carbocycles. The van der Waals surface area contributed by atoms with Crippen molar-refractivity contribution in [3.63, 3.8) is 0 Å². The summed E-state index contributed by atoms with van der Waals surface area (Å²) in [6.07, 6.45) is 2.16. The predicted molar refractivity (Wildman–Crippen MR) is 54.2 cm³/mol. The van der Waals surface area contributed by atoms with Crippen LogP contribution in [0, 0.1) is 5.41 Å². The molecular formula is C11H18FNO2. The molecule has 0 aromatic carbocycles. The van der Waals surface area contributed by atoms with E-state index in [0.29, 0.717) is 26.1 Å². The topological polar surface area (TPSA) is 38.3 Å². The molecule has 3 nitrogen and oxygen atoms in total. The standard InChI is InChI=1S/C11H18FNO2/c1-11(6-15-7-11)10(14)13-9-4-2-3-8(12)5-9/h8-9H,2-7H2,1H3,(H,13,14)/t8-,9+/m0/s1. The number of nitrogens with one attached hydrogen (secondary N) is 1. The summed E-state index contributed by atoms with van der Waals surface area (Å²) in [6.45, 7) is 2.87. The van der Waals surface area contributed by atoms with Crippen LogP contribution in [0.4, 0.5) is 4.39 Å². The van der Waals surface area contributed by atoms with E-state index in [4.69, 9.17) is 4.74 Å². The number of halogens is 1. The van der Waals surface area contributed by atoms with Gasteiger partial charge in [-0.1, -0.05) is 0 Å². The number of carbonyl (C=O) groups is 1. The van der Waals surface area contributed by atoms with Crippen LogP contribution in [-0.2, 0) is 9.53 Å². The molecule has 2 fully saturated rings. The van der Waals surface area contributed by atoms with Crippen LogP contribution in [0.3, 0.4) is 0 Å². The molecule has 2 aliphatic rings. The maximum atomic E-state index is 13.1. The summed E-state index contributed by atoms with van der Waals surface area (Å²) >= 11 is 0. The second-order valence-corrected chi connectivity index (χ2v) is 4.99. The Bertz CT molecular complexity index is 253. The molecule has 0 radical (unpaired) electrons. The number of hydrogen-bond donors (Lipinski definition) is 1. The number of amides is 1. The Labute approximate surface area is 89.4 Å². The van der Waals surface area contributed by atoms with Gasteiger partial charge in [-0.2, -0.15) is 0 Å². The summed E-state index contributed by atoms with van der Waals surface area (Å²) in [5, 5.41) is 2.93. The highest BCUT2D eigenvalue weighted by atomic mass is 19.1. The van der Waals surface area contributed by atoms with Gasteiger partial charge >= 0.3 is 0 Å². The van der Waals surface area contributed by atoms with Gasteiger partial charge in [0, 0.05) is 6.04 Å². The maximum absolute atomic E-state index is 13.1. The molecule has 1 heterocycles. The minimum absolute atomic E-state index is 0.0212. The summed E-state index contributed by atoms with van der Waals surface area (Å²) in [6, 6.07) is 0.0266. The first-order valence-corrected chi connectivity index (χ1v) is 5.63. The molecule has 1 aliphatic heterocycles. The fourth-order valence-electron chi connectivity index (χ4n) is 2.16. The molecule has 0 spiro atoms. The van der Waals surface area contributed by atoms with Crippen LogP contribution < -0.4 is 5.32 Å². The van der Waals surface area contributed by atoms with Crippen LogP contribution in [-0.4, -0.2) is 31.3 Å². The summed E-state index contributed by atoms with van der Waals surface area (Å²) in [5.74, 6) is 0.0212. The summed E-state index contributed by atoms with van der Waals surface area (Å²) in [5.41, 5.74) is -0.372. The number of rotatable bonds is 2. The zero-order valence-corrected chi connectivity index (χ0v) is 9.09. The van der Waals surface area contributed by atoms with Crippen LogP contribution in [0.2, 0.25) is 0 Å². The molecular weight excluding hydrogens is 197 g/mol.